The molecule has 200 valence electrons. The Kier molecular flexibility index (Phi) is 7.19. The van der Waals surface area contributed by atoms with Crippen LogP contribution >= 0.6 is 11.3 Å². The number of hydrogen-bond donors (Lipinski definition) is 2. The number of hydrogen-bond acceptors (Lipinski definition) is 6. The number of nitrogens with one attached hydrogen (secondary N) is 2. The lowest BCUT2D eigenvalue weighted by atomic mass is 9.85. The molecule has 1 aliphatic rings. The number of esters is 1. The lowest BCUT2D eigenvalue weighted by molar-refractivity contribution is 0.0739. The molecule has 0 fully saturated rings. The van der Waals surface area contributed by atoms with Crippen LogP contribution < -0.4 is 20.1 Å². The summed E-state index contributed by atoms with van der Waals surface area (Å²) in [5, 5.41) is 8.92. The molecule has 0 saturated carbocycles. The molecule has 0 spiro atoms. The van der Waals surface area contributed by atoms with E-state index in [4.69, 9.17) is 9.47 Å². The number of anilines is 2. The van der Waals surface area contributed by atoms with Crippen molar-refractivity contribution in [2.75, 3.05) is 17.7 Å². The Hall–Kier alpha value is -4.10. The van der Waals surface area contributed by atoms with Crippen molar-refractivity contribution in [3.8, 4) is 22.6 Å². The number of ether oxygens (including phenoxy) is 2. The monoisotopic (exact) mass is 542 g/mol. The van der Waals surface area contributed by atoms with Crippen molar-refractivity contribution in [1.29, 1.82) is 0 Å². The van der Waals surface area contributed by atoms with Gasteiger partial charge in [-0.1, -0.05) is 24.3 Å². The Bertz CT molecular complexity index is 1570. The molecule has 0 unspecified atom stereocenters. The molecule has 0 atom stereocenters. The zero-order valence-electron chi connectivity index (χ0n) is 22.6. The number of aryl methyl sites for hydroxylation is 1. The predicted molar refractivity (Wildman–Crippen MR) is 158 cm³/mol. The molecule has 5 nitrogen and oxygen atoms in total. The molecule has 2 N–H and O–H groups in total. The van der Waals surface area contributed by atoms with Crippen molar-refractivity contribution < 1.29 is 18.7 Å². The van der Waals surface area contributed by atoms with Gasteiger partial charge in [0, 0.05) is 35.1 Å². The van der Waals surface area contributed by atoms with Crippen LogP contribution in [0, 0.1) is 12.7 Å². The molecule has 0 bridgehead atoms. The average molecular weight is 543 g/mol. The van der Waals surface area contributed by atoms with Crippen LogP contribution in [-0.4, -0.2) is 18.6 Å². The SMILES string of the molecule is COc1cc(OC(=O)c2cccs2)ccc1-c1ccc2c(c1CNc1cc(F)ccc1C)C(C)=CC(C)(C)N2. The maximum atomic E-state index is 14.0. The number of rotatable bonds is 7. The van der Waals surface area contributed by atoms with Gasteiger partial charge in [0.25, 0.3) is 0 Å². The molecule has 2 heterocycles. The predicted octanol–water partition coefficient (Wildman–Crippen LogP) is 8.31. The summed E-state index contributed by atoms with van der Waals surface area (Å²) in [5.74, 6) is 0.299. The Morgan fingerprint density at radius 3 is 2.59 bits per heavy atom. The highest BCUT2D eigenvalue weighted by Gasteiger charge is 2.27. The first kappa shape index (κ1) is 26.5. The van der Waals surface area contributed by atoms with E-state index in [1.807, 2.05) is 24.4 Å². The molecule has 1 aromatic heterocycles. The number of methoxy groups -OCH3 is 1. The zero-order chi connectivity index (χ0) is 27.7. The maximum absolute atomic E-state index is 14.0. The third-order valence-corrected chi connectivity index (χ3v) is 7.64. The molecule has 0 saturated heterocycles. The minimum atomic E-state index is -0.404. The summed E-state index contributed by atoms with van der Waals surface area (Å²) < 4.78 is 25.4. The summed E-state index contributed by atoms with van der Waals surface area (Å²) in [7, 11) is 1.60. The Morgan fingerprint density at radius 1 is 1.05 bits per heavy atom. The Labute approximate surface area is 232 Å². The van der Waals surface area contributed by atoms with Gasteiger partial charge in [0.05, 0.1) is 12.6 Å². The number of carbonyl (C=O) groups is 1. The summed E-state index contributed by atoms with van der Waals surface area (Å²) in [6.45, 7) is 8.82. The topological polar surface area (TPSA) is 59.6 Å². The molecule has 1 aliphatic heterocycles. The molecule has 4 aromatic rings. The van der Waals surface area contributed by atoms with E-state index >= 15 is 0 Å². The quantitative estimate of drug-likeness (QED) is 0.182. The van der Waals surface area contributed by atoms with Gasteiger partial charge in [-0.25, -0.2) is 9.18 Å². The number of allylic oxidation sites excluding steroid dienone is 1. The molecular weight excluding hydrogens is 511 g/mol. The summed E-state index contributed by atoms with van der Waals surface area (Å²) in [5.41, 5.74) is 7.70. The van der Waals surface area contributed by atoms with Gasteiger partial charge in [0.15, 0.2) is 0 Å². The largest absolute Gasteiger partial charge is 0.496 e. The van der Waals surface area contributed by atoms with Gasteiger partial charge in [0.2, 0.25) is 0 Å². The normalized spacial score (nSPS) is 13.6. The minimum Gasteiger partial charge on any atom is -0.496 e. The van der Waals surface area contributed by atoms with Crippen molar-refractivity contribution in [3.63, 3.8) is 0 Å². The van der Waals surface area contributed by atoms with Gasteiger partial charge in [-0.2, -0.15) is 0 Å². The van der Waals surface area contributed by atoms with E-state index < -0.39 is 5.97 Å². The Morgan fingerprint density at radius 2 is 1.85 bits per heavy atom. The number of halogens is 1. The molecule has 0 aliphatic carbocycles. The lowest BCUT2D eigenvalue weighted by Gasteiger charge is -2.33. The number of fused-ring (bicyclic) bond motifs is 1. The number of benzene rings is 3. The molecule has 0 radical (unpaired) electrons. The van der Waals surface area contributed by atoms with Gasteiger partial charge in [0.1, 0.15) is 22.2 Å². The van der Waals surface area contributed by atoms with Gasteiger partial charge in [-0.05, 0) is 91.7 Å². The van der Waals surface area contributed by atoms with Crippen LogP contribution in [0.2, 0.25) is 0 Å². The zero-order valence-corrected chi connectivity index (χ0v) is 23.5. The fourth-order valence-corrected chi connectivity index (χ4v) is 5.71. The van der Waals surface area contributed by atoms with Crippen LogP contribution in [0.1, 0.15) is 47.1 Å². The lowest BCUT2D eigenvalue weighted by Crippen LogP contribution is -2.32. The van der Waals surface area contributed by atoms with Crippen LogP contribution in [0.5, 0.6) is 11.5 Å². The summed E-state index contributed by atoms with van der Waals surface area (Å²) >= 11 is 1.33. The highest BCUT2D eigenvalue weighted by Crippen LogP contribution is 2.43. The third-order valence-electron chi connectivity index (χ3n) is 6.79. The van der Waals surface area contributed by atoms with Gasteiger partial charge < -0.3 is 20.1 Å². The minimum absolute atomic E-state index is 0.186. The average Bonchev–Trinajstić information content (AvgIpc) is 3.43. The van der Waals surface area contributed by atoms with Crippen LogP contribution in [0.15, 0.2) is 72.1 Å². The summed E-state index contributed by atoms with van der Waals surface area (Å²) in [4.78, 5) is 13.0. The van der Waals surface area contributed by atoms with Crippen LogP contribution in [0.4, 0.5) is 15.8 Å². The van der Waals surface area contributed by atoms with Crippen LogP contribution in [0.3, 0.4) is 0 Å². The molecule has 39 heavy (non-hydrogen) atoms. The van der Waals surface area contributed by atoms with E-state index in [1.54, 1.807) is 31.4 Å². The van der Waals surface area contributed by atoms with E-state index in [1.165, 1.54) is 23.5 Å². The number of carbonyl (C=O) groups excluding carboxylic acids is 1. The van der Waals surface area contributed by atoms with Crippen molar-refractivity contribution in [2.45, 2.75) is 39.8 Å². The first-order valence-corrected chi connectivity index (χ1v) is 13.6. The second-order valence-corrected chi connectivity index (χ2v) is 11.2. The van der Waals surface area contributed by atoms with Crippen LogP contribution in [0.25, 0.3) is 16.7 Å². The Balaban J connectivity index is 1.57. The van der Waals surface area contributed by atoms with Gasteiger partial charge in [-0.15, -0.1) is 11.3 Å². The van der Waals surface area contributed by atoms with Crippen molar-refractivity contribution >= 4 is 34.3 Å². The van der Waals surface area contributed by atoms with Crippen molar-refractivity contribution in [3.05, 3.63) is 99.5 Å². The second-order valence-electron chi connectivity index (χ2n) is 10.2. The smallest absolute Gasteiger partial charge is 0.353 e. The second kappa shape index (κ2) is 10.6. The standard InChI is InChI=1S/C32H31FN2O3S/c1-19-8-9-21(33)15-27(19)34-18-25-23(12-13-26-30(25)20(2)17-32(3,4)35-26)24-11-10-22(16-28(24)37-5)38-31(36)29-7-6-14-39-29/h6-17,34-35H,18H2,1-5H3. The van der Waals surface area contributed by atoms with Gasteiger partial charge in [-0.3, -0.25) is 0 Å². The first-order valence-electron chi connectivity index (χ1n) is 12.7. The van der Waals surface area contributed by atoms with Crippen LogP contribution in [-0.2, 0) is 6.54 Å². The van der Waals surface area contributed by atoms with E-state index in [2.05, 4.69) is 49.6 Å². The first-order chi connectivity index (χ1) is 18.6. The highest BCUT2D eigenvalue weighted by molar-refractivity contribution is 7.12. The van der Waals surface area contributed by atoms with E-state index in [0.29, 0.717) is 22.9 Å². The van der Waals surface area contributed by atoms with Gasteiger partial charge >= 0.3 is 5.97 Å². The molecule has 0 amide bonds. The maximum Gasteiger partial charge on any atom is 0.353 e. The summed E-state index contributed by atoms with van der Waals surface area (Å²) in [6, 6.07) is 17.9. The van der Waals surface area contributed by atoms with Crippen molar-refractivity contribution in [1.82, 2.24) is 0 Å². The number of thiophene rings is 1. The summed E-state index contributed by atoms with van der Waals surface area (Å²) in [6.07, 6.45) is 2.22. The third kappa shape index (κ3) is 5.54. The molecular formula is C32H31FN2O3S. The van der Waals surface area contributed by atoms with E-state index in [-0.39, 0.29) is 11.4 Å². The molecule has 5 rings (SSSR count). The highest BCUT2D eigenvalue weighted by atomic mass is 32.1. The van der Waals surface area contributed by atoms with E-state index in [0.717, 1.165) is 44.8 Å². The fourth-order valence-electron chi connectivity index (χ4n) is 5.11. The van der Waals surface area contributed by atoms with E-state index in [9.17, 15) is 9.18 Å². The molecule has 3 aromatic carbocycles. The van der Waals surface area contributed by atoms with Crippen molar-refractivity contribution in [2.24, 2.45) is 0 Å². The molecule has 7 heteroatoms. The fraction of sp³-hybridized carbons (Fsp3) is 0.219.